The van der Waals surface area contributed by atoms with E-state index >= 15 is 0 Å². The van der Waals surface area contributed by atoms with E-state index in [0.29, 0.717) is 17.3 Å². The molecule has 2 aromatic rings. The molecule has 0 radical (unpaired) electrons. The molecule has 3 nitrogen and oxygen atoms in total. The molecule has 0 aliphatic heterocycles. The number of fused-ring (bicyclic) bond motifs is 1. The van der Waals surface area contributed by atoms with Gasteiger partial charge in [-0.1, -0.05) is 64.8 Å². The average Bonchev–Trinajstić information content (AvgIpc) is 2.60. The predicted octanol–water partition coefficient (Wildman–Crippen LogP) is 5.40. The SMILES string of the molecule is CCCC1CCc2nc(N)c(C#N)c(-c3ccc(C(C)(C)C)cc3)c2C1. The highest BCUT2D eigenvalue weighted by molar-refractivity contribution is 5.79. The van der Waals surface area contributed by atoms with Crippen LogP contribution >= 0.6 is 0 Å². The molecule has 1 aliphatic rings. The zero-order valence-electron chi connectivity index (χ0n) is 16.4. The van der Waals surface area contributed by atoms with Crippen molar-refractivity contribution in [3.8, 4) is 17.2 Å². The topological polar surface area (TPSA) is 62.7 Å². The summed E-state index contributed by atoms with van der Waals surface area (Å²) in [6.45, 7) is 8.88. The fourth-order valence-electron chi connectivity index (χ4n) is 4.07. The fourth-order valence-corrected chi connectivity index (χ4v) is 4.07. The molecule has 0 saturated heterocycles. The second-order valence-electron chi connectivity index (χ2n) is 8.51. The number of benzene rings is 1. The molecule has 136 valence electrons. The number of aryl methyl sites for hydroxylation is 1. The Morgan fingerprint density at radius 1 is 1.23 bits per heavy atom. The Kier molecular flexibility index (Phi) is 5.05. The summed E-state index contributed by atoms with van der Waals surface area (Å²) < 4.78 is 0. The standard InChI is InChI=1S/C23H29N3/c1-5-6-15-7-12-20-18(13-15)21(19(14-24)22(25)26-20)16-8-10-17(11-9-16)23(2,3)4/h8-11,15H,5-7,12-13H2,1-4H3,(H2,25,26). The number of hydrogen-bond acceptors (Lipinski definition) is 3. The van der Waals surface area contributed by atoms with Crippen LogP contribution in [0, 0.1) is 17.2 Å². The maximum Gasteiger partial charge on any atom is 0.142 e. The van der Waals surface area contributed by atoms with E-state index in [9.17, 15) is 5.26 Å². The van der Waals surface area contributed by atoms with Crippen molar-refractivity contribution in [2.75, 3.05) is 5.73 Å². The molecule has 1 aromatic carbocycles. The molecule has 0 saturated carbocycles. The lowest BCUT2D eigenvalue weighted by Crippen LogP contribution is -2.18. The molecule has 3 rings (SSSR count). The van der Waals surface area contributed by atoms with Gasteiger partial charge >= 0.3 is 0 Å². The summed E-state index contributed by atoms with van der Waals surface area (Å²) in [6, 6.07) is 10.9. The Morgan fingerprint density at radius 2 is 1.92 bits per heavy atom. The van der Waals surface area contributed by atoms with E-state index in [1.807, 2.05) is 0 Å². The van der Waals surface area contributed by atoms with Gasteiger partial charge in [0.05, 0.1) is 0 Å². The number of nitrogens with zero attached hydrogens (tertiary/aromatic N) is 2. The monoisotopic (exact) mass is 347 g/mol. The van der Waals surface area contributed by atoms with Crippen LogP contribution in [-0.2, 0) is 18.3 Å². The minimum absolute atomic E-state index is 0.111. The Bertz CT molecular complexity index is 836. The second kappa shape index (κ2) is 7.11. The molecule has 26 heavy (non-hydrogen) atoms. The summed E-state index contributed by atoms with van der Waals surface area (Å²) in [4.78, 5) is 4.58. The van der Waals surface area contributed by atoms with Gasteiger partial charge in [-0.3, -0.25) is 0 Å². The number of nitrogen functional groups attached to an aromatic ring is 1. The van der Waals surface area contributed by atoms with Gasteiger partial charge in [0.2, 0.25) is 0 Å². The molecule has 1 heterocycles. The van der Waals surface area contributed by atoms with Crippen molar-refractivity contribution in [1.29, 1.82) is 5.26 Å². The van der Waals surface area contributed by atoms with Crippen LogP contribution in [0.4, 0.5) is 5.82 Å². The molecule has 0 bridgehead atoms. The normalized spacial score (nSPS) is 16.8. The first kappa shape index (κ1) is 18.5. The Morgan fingerprint density at radius 3 is 2.50 bits per heavy atom. The molecule has 1 aliphatic carbocycles. The van der Waals surface area contributed by atoms with Crippen LogP contribution in [0.15, 0.2) is 24.3 Å². The summed E-state index contributed by atoms with van der Waals surface area (Å²) in [6.07, 6.45) is 5.56. The number of pyridine rings is 1. The summed E-state index contributed by atoms with van der Waals surface area (Å²) in [5.41, 5.74) is 12.5. The predicted molar refractivity (Wildman–Crippen MR) is 108 cm³/mol. The van der Waals surface area contributed by atoms with Gasteiger partial charge < -0.3 is 5.73 Å². The molecule has 0 spiro atoms. The second-order valence-corrected chi connectivity index (χ2v) is 8.51. The van der Waals surface area contributed by atoms with Crippen molar-refractivity contribution in [2.24, 2.45) is 5.92 Å². The quantitative estimate of drug-likeness (QED) is 0.808. The van der Waals surface area contributed by atoms with Crippen molar-refractivity contribution >= 4 is 5.82 Å². The third kappa shape index (κ3) is 3.46. The molecular weight excluding hydrogens is 318 g/mol. The highest BCUT2D eigenvalue weighted by atomic mass is 14.9. The molecule has 3 heteroatoms. The lowest BCUT2D eigenvalue weighted by molar-refractivity contribution is 0.419. The first-order chi connectivity index (χ1) is 12.3. The lowest BCUT2D eigenvalue weighted by atomic mass is 9.79. The van der Waals surface area contributed by atoms with Crippen LogP contribution in [0.5, 0.6) is 0 Å². The average molecular weight is 348 g/mol. The largest absolute Gasteiger partial charge is 0.383 e. The van der Waals surface area contributed by atoms with Gasteiger partial charge in [-0.05, 0) is 47.3 Å². The van der Waals surface area contributed by atoms with Gasteiger partial charge in [0.1, 0.15) is 17.5 Å². The summed E-state index contributed by atoms with van der Waals surface area (Å²) in [5, 5.41) is 9.75. The third-order valence-electron chi connectivity index (χ3n) is 5.54. The van der Waals surface area contributed by atoms with Crippen LogP contribution in [0.25, 0.3) is 11.1 Å². The van der Waals surface area contributed by atoms with Gasteiger partial charge in [0.25, 0.3) is 0 Å². The van der Waals surface area contributed by atoms with E-state index in [-0.39, 0.29) is 5.41 Å². The molecule has 1 atom stereocenters. The zero-order chi connectivity index (χ0) is 18.9. The van der Waals surface area contributed by atoms with E-state index in [1.165, 1.54) is 30.4 Å². The third-order valence-corrected chi connectivity index (χ3v) is 5.54. The van der Waals surface area contributed by atoms with Crippen molar-refractivity contribution in [2.45, 2.75) is 65.2 Å². The summed E-state index contributed by atoms with van der Waals surface area (Å²) in [7, 11) is 0. The number of nitriles is 1. The van der Waals surface area contributed by atoms with Crippen LogP contribution < -0.4 is 5.73 Å². The molecular formula is C23H29N3. The highest BCUT2D eigenvalue weighted by Crippen LogP contribution is 2.39. The first-order valence-electron chi connectivity index (χ1n) is 9.67. The van der Waals surface area contributed by atoms with Crippen molar-refractivity contribution in [3.63, 3.8) is 0 Å². The van der Waals surface area contributed by atoms with E-state index in [4.69, 9.17) is 5.73 Å². The zero-order valence-corrected chi connectivity index (χ0v) is 16.4. The van der Waals surface area contributed by atoms with Crippen LogP contribution in [0.3, 0.4) is 0 Å². The summed E-state index contributed by atoms with van der Waals surface area (Å²) >= 11 is 0. The smallest absolute Gasteiger partial charge is 0.142 e. The molecule has 0 amide bonds. The van der Waals surface area contributed by atoms with Gasteiger partial charge in [0.15, 0.2) is 0 Å². The molecule has 0 fully saturated rings. The van der Waals surface area contributed by atoms with E-state index in [2.05, 4.69) is 63.0 Å². The number of rotatable bonds is 3. The van der Waals surface area contributed by atoms with E-state index in [0.717, 1.165) is 29.7 Å². The van der Waals surface area contributed by atoms with Gasteiger partial charge in [0, 0.05) is 11.3 Å². The van der Waals surface area contributed by atoms with Crippen LogP contribution in [-0.4, -0.2) is 4.98 Å². The lowest BCUT2D eigenvalue weighted by Gasteiger charge is -2.27. The van der Waals surface area contributed by atoms with Crippen LogP contribution in [0.1, 0.15) is 69.3 Å². The van der Waals surface area contributed by atoms with Crippen molar-refractivity contribution < 1.29 is 0 Å². The molecule has 1 unspecified atom stereocenters. The fraction of sp³-hybridized carbons (Fsp3) is 0.478. The Balaban J connectivity index is 2.14. The minimum atomic E-state index is 0.111. The Labute approximate surface area is 157 Å². The maximum atomic E-state index is 9.75. The van der Waals surface area contributed by atoms with E-state index in [1.54, 1.807) is 0 Å². The van der Waals surface area contributed by atoms with Crippen LogP contribution in [0.2, 0.25) is 0 Å². The highest BCUT2D eigenvalue weighted by Gasteiger charge is 2.26. The summed E-state index contributed by atoms with van der Waals surface area (Å²) in [5.74, 6) is 1.05. The van der Waals surface area contributed by atoms with Crippen molar-refractivity contribution in [1.82, 2.24) is 4.98 Å². The van der Waals surface area contributed by atoms with Gasteiger partial charge in [-0.2, -0.15) is 5.26 Å². The number of nitrogens with two attached hydrogens (primary N) is 1. The van der Waals surface area contributed by atoms with Gasteiger partial charge in [-0.15, -0.1) is 0 Å². The number of aromatic nitrogens is 1. The number of hydrogen-bond donors (Lipinski definition) is 1. The Hall–Kier alpha value is -2.34. The van der Waals surface area contributed by atoms with E-state index < -0.39 is 0 Å². The maximum absolute atomic E-state index is 9.75. The molecule has 2 N–H and O–H groups in total. The minimum Gasteiger partial charge on any atom is -0.383 e. The number of anilines is 1. The van der Waals surface area contributed by atoms with Crippen molar-refractivity contribution in [3.05, 3.63) is 46.6 Å². The molecule has 1 aromatic heterocycles. The van der Waals surface area contributed by atoms with Gasteiger partial charge in [-0.25, -0.2) is 4.98 Å². The first-order valence-corrected chi connectivity index (χ1v) is 9.67.